The lowest BCUT2D eigenvalue weighted by atomic mass is 9.96. The minimum absolute atomic E-state index is 0.0444. The van der Waals surface area contributed by atoms with Gasteiger partial charge in [0.15, 0.2) is 5.78 Å². The van der Waals surface area contributed by atoms with Crippen LogP contribution in [0.25, 0.3) is 0 Å². The number of hydrogen-bond donors (Lipinski definition) is 4. The van der Waals surface area contributed by atoms with Crippen LogP contribution < -0.4 is 21.7 Å². The zero-order valence-electron chi connectivity index (χ0n) is 17.6. The number of ketones is 1. The van der Waals surface area contributed by atoms with Crippen LogP contribution in [0.5, 0.6) is 0 Å². The molecule has 28 heavy (non-hydrogen) atoms. The van der Waals surface area contributed by atoms with E-state index in [0.29, 0.717) is 31.6 Å². The van der Waals surface area contributed by atoms with E-state index >= 15 is 0 Å². The maximum absolute atomic E-state index is 13.0. The molecule has 0 bridgehead atoms. The summed E-state index contributed by atoms with van der Waals surface area (Å²) in [6, 6.07) is 9.13. The van der Waals surface area contributed by atoms with E-state index in [1.54, 1.807) is 0 Å². The van der Waals surface area contributed by atoms with Crippen molar-refractivity contribution in [3.63, 3.8) is 0 Å². The number of nitrogens with one attached hydrogen (secondary N) is 3. The molecule has 1 amide bonds. The Kier molecular flexibility index (Phi) is 10.3. The number of hydrogen-bond acceptors (Lipinski definition) is 5. The molecule has 0 saturated carbocycles. The third-order valence-corrected chi connectivity index (χ3v) is 4.38. The molecule has 156 valence electrons. The number of benzene rings is 1. The molecule has 2 atom stereocenters. The number of amides is 1. The average molecular weight is 389 g/mol. The van der Waals surface area contributed by atoms with Crippen LogP contribution in [0.4, 0.5) is 0 Å². The Bertz CT molecular complexity index is 629. The molecular formula is C22H36N4O2. The van der Waals surface area contributed by atoms with Gasteiger partial charge in [-0.25, -0.2) is 0 Å². The van der Waals surface area contributed by atoms with Crippen molar-refractivity contribution in [2.75, 3.05) is 6.54 Å². The second-order valence-corrected chi connectivity index (χ2v) is 7.78. The van der Waals surface area contributed by atoms with Crippen molar-refractivity contribution in [2.24, 2.45) is 11.7 Å². The monoisotopic (exact) mass is 388 g/mol. The van der Waals surface area contributed by atoms with Gasteiger partial charge in [0.2, 0.25) is 5.91 Å². The Labute approximate surface area is 169 Å². The summed E-state index contributed by atoms with van der Waals surface area (Å²) in [5.74, 6) is 0.156. The van der Waals surface area contributed by atoms with Gasteiger partial charge in [0.05, 0.1) is 17.9 Å². The quantitative estimate of drug-likeness (QED) is 0.388. The first-order valence-electron chi connectivity index (χ1n) is 10.0. The minimum Gasteiger partial charge on any atom is -0.386 e. The second kappa shape index (κ2) is 12.2. The Morgan fingerprint density at radius 2 is 1.71 bits per heavy atom. The van der Waals surface area contributed by atoms with Crippen molar-refractivity contribution < 1.29 is 9.59 Å². The number of carbonyl (C=O) groups excluding carboxylic acids is 2. The van der Waals surface area contributed by atoms with Crippen LogP contribution in [0.2, 0.25) is 0 Å². The molecule has 0 aromatic heterocycles. The molecule has 0 heterocycles. The highest BCUT2D eigenvalue weighted by Gasteiger charge is 2.27. The van der Waals surface area contributed by atoms with Crippen molar-refractivity contribution in [3.8, 4) is 0 Å². The van der Waals surface area contributed by atoms with E-state index in [1.165, 1.54) is 0 Å². The van der Waals surface area contributed by atoms with Crippen molar-refractivity contribution in [2.45, 2.75) is 65.1 Å². The van der Waals surface area contributed by atoms with Crippen molar-refractivity contribution in [1.82, 2.24) is 16.0 Å². The van der Waals surface area contributed by atoms with E-state index in [4.69, 9.17) is 5.73 Å². The molecule has 1 aromatic carbocycles. The summed E-state index contributed by atoms with van der Waals surface area (Å²) in [7, 11) is 0. The lowest BCUT2D eigenvalue weighted by Crippen LogP contribution is -2.53. The number of Topliss-reactive ketones (excluding diaryl/α,β-unsaturated/α-hetero) is 1. The first-order chi connectivity index (χ1) is 13.2. The van der Waals surface area contributed by atoms with Crippen molar-refractivity contribution in [3.05, 3.63) is 48.3 Å². The lowest BCUT2D eigenvalue weighted by Gasteiger charge is -2.25. The van der Waals surface area contributed by atoms with E-state index in [2.05, 4.69) is 22.5 Å². The molecule has 0 spiro atoms. The standard InChI is InChI=1S/C22H36N4O2/c1-15(2)21(27)19(12-9-13-24-17(5)23)26-22(28)20(25-16(3)4)14-18-10-7-6-8-11-18/h6-8,10-11,15-16,19-20,24-25H,5,9,12-14,23H2,1-4H3,(H,26,28)/t19-,20-/m0/s1. The topological polar surface area (TPSA) is 96.2 Å². The van der Waals surface area contributed by atoms with E-state index < -0.39 is 12.1 Å². The maximum Gasteiger partial charge on any atom is 0.238 e. The van der Waals surface area contributed by atoms with Gasteiger partial charge in [-0.2, -0.15) is 0 Å². The van der Waals surface area contributed by atoms with E-state index in [-0.39, 0.29) is 23.7 Å². The molecule has 0 radical (unpaired) electrons. The van der Waals surface area contributed by atoms with Crippen LogP contribution in [0.1, 0.15) is 46.1 Å². The smallest absolute Gasteiger partial charge is 0.238 e. The summed E-state index contributed by atoms with van der Waals surface area (Å²) < 4.78 is 0. The van der Waals surface area contributed by atoms with Gasteiger partial charge in [0, 0.05) is 18.5 Å². The largest absolute Gasteiger partial charge is 0.386 e. The van der Waals surface area contributed by atoms with Gasteiger partial charge in [-0.3, -0.25) is 9.59 Å². The highest BCUT2D eigenvalue weighted by Crippen LogP contribution is 2.09. The Morgan fingerprint density at radius 3 is 2.25 bits per heavy atom. The Balaban J connectivity index is 2.81. The van der Waals surface area contributed by atoms with Crippen molar-refractivity contribution in [1.29, 1.82) is 0 Å². The molecule has 0 saturated heterocycles. The second-order valence-electron chi connectivity index (χ2n) is 7.78. The number of nitrogens with two attached hydrogens (primary N) is 1. The van der Waals surface area contributed by atoms with Crippen molar-refractivity contribution >= 4 is 11.7 Å². The molecule has 6 nitrogen and oxygen atoms in total. The van der Waals surface area contributed by atoms with Gasteiger partial charge in [-0.15, -0.1) is 0 Å². The zero-order valence-corrected chi connectivity index (χ0v) is 17.6. The first kappa shape index (κ1) is 23.7. The number of rotatable bonds is 13. The van der Waals surface area contributed by atoms with Crippen LogP contribution in [-0.2, 0) is 16.0 Å². The molecule has 0 unspecified atom stereocenters. The van der Waals surface area contributed by atoms with Crippen LogP contribution in [0.15, 0.2) is 42.7 Å². The highest BCUT2D eigenvalue weighted by atomic mass is 16.2. The summed E-state index contributed by atoms with van der Waals surface area (Å²) in [6.45, 7) is 11.9. The van der Waals surface area contributed by atoms with Crippen LogP contribution in [-0.4, -0.2) is 36.4 Å². The first-order valence-corrected chi connectivity index (χ1v) is 10.0. The predicted octanol–water partition coefficient (Wildman–Crippen LogP) is 2.11. The summed E-state index contributed by atoms with van der Waals surface area (Å²) in [5, 5.41) is 9.25. The molecule has 0 aliphatic rings. The molecule has 0 aliphatic carbocycles. The van der Waals surface area contributed by atoms with E-state index in [0.717, 1.165) is 5.56 Å². The van der Waals surface area contributed by atoms with Crippen LogP contribution >= 0.6 is 0 Å². The molecule has 1 aromatic rings. The molecule has 1 rings (SSSR count). The van der Waals surface area contributed by atoms with Gasteiger partial charge >= 0.3 is 0 Å². The summed E-state index contributed by atoms with van der Waals surface area (Å²) in [4.78, 5) is 25.6. The molecular weight excluding hydrogens is 352 g/mol. The van der Waals surface area contributed by atoms with Crippen LogP contribution in [0, 0.1) is 5.92 Å². The fraction of sp³-hybridized carbons (Fsp3) is 0.545. The predicted molar refractivity (Wildman–Crippen MR) is 115 cm³/mol. The summed E-state index contributed by atoms with van der Waals surface area (Å²) in [5.41, 5.74) is 6.58. The zero-order chi connectivity index (χ0) is 21.1. The SMILES string of the molecule is C=C(N)NCCC[C@H](NC(=O)[C@H](Cc1ccccc1)NC(C)C)C(=O)C(C)C. The highest BCUT2D eigenvalue weighted by molar-refractivity contribution is 5.91. The Hall–Kier alpha value is -2.34. The third-order valence-electron chi connectivity index (χ3n) is 4.38. The maximum atomic E-state index is 13.0. The molecule has 0 fully saturated rings. The van der Waals surface area contributed by atoms with Gasteiger partial charge in [-0.05, 0) is 24.8 Å². The van der Waals surface area contributed by atoms with Crippen LogP contribution in [0.3, 0.4) is 0 Å². The minimum atomic E-state index is -0.507. The fourth-order valence-electron chi connectivity index (χ4n) is 2.99. The normalized spacial score (nSPS) is 13.2. The van der Waals surface area contributed by atoms with Gasteiger partial charge in [0.1, 0.15) is 0 Å². The fourth-order valence-corrected chi connectivity index (χ4v) is 2.99. The van der Waals surface area contributed by atoms with Gasteiger partial charge < -0.3 is 21.7 Å². The third kappa shape index (κ3) is 9.04. The summed E-state index contributed by atoms with van der Waals surface area (Å²) >= 11 is 0. The Morgan fingerprint density at radius 1 is 1.07 bits per heavy atom. The van der Waals surface area contributed by atoms with E-state index in [1.807, 2.05) is 58.0 Å². The lowest BCUT2D eigenvalue weighted by molar-refractivity contribution is -0.130. The molecule has 5 N–H and O–H groups in total. The summed E-state index contributed by atoms with van der Waals surface area (Å²) in [6.07, 6.45) is 1.84. The number of carbonyl (C=O) groups is 2. The average Bonchev–Trinajstić information content (AvgIpc) is 2.63. The van der Waals surface area contributed by atoms with Gasteiger partial charge in [-0.1, -0.05) is 64.6 Å². The molecule has 6 heteroatoms. The molecule has 0 aliphatic heterocycles. The van der Waals surface area contributed by atoms with Gasteiger partial charge in [0.25, 0.3) is 0 Å². The van der Waals surface area contributed by atoms with E-state index in [9.17, 15) is 9.59 Å².